The second-order valence-electron chi connectivity index (χ2n) is 3.81. The second kappa shape index (κ2) is 8.39. The van der Waals surface area contributed by atoms with E-state index in [1.165, 1.54) is 18.3 Å². The van der Waals surface area contributed by atoms with Crippen LogP contribution in [0.3, 0.4) is 0 Å². The molecule has 4 nitrogen and oxygen atoms in total. The standard InChI is InChI=1S/C8H8BrNO3.C6H5F/c9-6-1-5(2-10-3-6)7(4-11)8(12)13;7-6-4-2-1-3-5-6/h1-3,7,11H,4H2,(H,12,13);1-5H/t7-;/m0./s1. The summed E-state index contributed by atoms with van der Waals surface area (Å²) >= 11 is 3.17. The number of aliphatic hydroxyl groups is 1. The van der Waals surface area contributed by atoms with Crippen LogP contribution < -0.4 is 0 Å². The van der Waals surface area contributed by atoms with Crippen LogP contribution in [-0.4, -0.2) is 27.8 Å². The van der Waals surface area contributed by atoms with E-state index in [0.717, 1.165) is 0 Å². The Balaban J connectivity index is 0.000000240. The predicted octanol–water partition coefficient (Wildman–Crippen LogP) is 2.83. The van der Waals surface area contributed by atoms with E-state index in [0.29, 0.717) is 10.0 Å². The summed E-state index contributed by atoms with van der Waals surface area (Å²) in [5, 5.41) is 17.5. The molecule has 0 bridgehead atoms. The number of carbonyl (C=O) groups is 1. The SMILES string of the molecule is Fc1ccccc1.O=C(O)[C@@H](CO)c1cncc(Br)c1. The Labute approximate surface area is 124 Å². The molecule has 0 amide bonds. The topological polar surface area (TPSA) is 70.4 Å². The molecule has 6 heteroatoms. The first kappa shape index (κ1) is 16.3. The molecule has 2 rings (SSSR count). The smallest absolute Gasteiger partial charge is 0.313 e. The number of benzene rings is 1. The Morgan fingerprint density at radius 2 is 1.95 bits per heavy atom. The molecule has 20 heavy (non-hydrogen) atoms. The number of rotatable bonds is 3. The van der Waals surface area contributed by atoms with Gasteiger partial charge in [0.25, 0.3) is 0 Å². The summed E-state index contributed by atoms with van der Waals surface area (Å²) in [4.78, 5) is 14.5. The molecular weight excluding hydrogens is 329 g/mol. The van der Waals surface area contributed by atoms with Crippen molar-refractivity contribution in [2.24, 2.45) is 0 Å². The van der Waals surface area contributed by atoms with Gasteiger partial charge in [0.1, 0.15) is 11.7 Å². The molecule has 1 aromatic carbocycles. The summed E-state index contributed by atoms with van der Waals surface area (Å²) in [6.45, 7) is -0.423. The molecule has 0 saturated heterocycles. The van der Waals surface area contributed by atoms with Gasteiger partial charge in [-0.25, -0.2) is 4.39 Å². The number of aliphatic carboxylic acids is 1. The van der Waals surface area contributed by atoms with E-state index >= 15 is 0 Å². The van der Waals surface area contributed by atoms with Crippen molar-refractivity contribution < 1.29 is 19.4 Å². The van der Waals surface area contributed by atoms with Gasteiger partial charge in [-0.3, -0.25) is 9.78 Å². The minimum Gasteiger partial charge on any atom is -0.481 e. The van der Waals surface area contributed by atoms with Crippen LogP contribution in [0.4, 0.5) is 4.39 Å². The van der Waals surface area contributed by atoms with E-state index in [2.05, 4.69) is 20.9 Å². The van der Waals surface area contributed by atoms with Crippen LogP contribution >= 0.6 is 15.9 Å². The minimum absolute atomic E-state index is 0.178. The Hall–Kier alpha value is -1.79. The van der Waals surface area contributed by atoms with Gasteiger partial charge in [-0.05, 0) is 39.7 Å². The molecule has 0 aliphatic rings. The molecule has 1 atom stereocenters. The number of carboxylic acids is 1. The van der Waals surface area contributed by atoms with Crippen LogP contribution in [0.15, 0.2) is 53.3 Å². The molecule has 0 fully saturated rings. The van der Waals surface area contributed by atoms with Gasteiger partial charge in [-0.1, -0.05) is 18.2 Å². The van der Waals surface area contributed by atoms with Gasteiger partial charge in [0.15, 0.2) is 0 Å². The number of hydrogen-bond donors (Lipinski definition) is 2. The lowest BCUT2D eigenvalue weighted by atomic mass is 10.0. The third kappa shape index (κ3) is 5.46. The van der Waals surface area contributed by atoms with Crippen molar-refractivity contribution in [3.8, 4) is 0 Å². The molecular formula is C14H13BrFNO3. The number of halogens is 2. The minimum atomic E-state index is -1.05. The fourth-order valence-corrected chi connectivity index (χ4v) is 1.74. The second-order valence-corrected chi connectivity index (χ2v) is 4.72. The molecule has 0 spiro atoms. The van der Waals surface area contributed by atoms with Crippen molar-refractivity contribution in [1.29, 1.82) is 0 Å². The first-order chi connectivity index (χ1) is 9.54. The number of nitrogens with zero attached hydrogens (tertiary/aromatic N) is 1. The van der Waals surface area contributed by atoms with Crippen molar-refractivity contribution >= 4 is 21.9 Å². The fourth-order valence-electron chi connectivity index (χ4n) is 1.36. The molecule has 1 aromatic heterocycles. The number of aromatic nitrogens is 1. The van der Waals surface area contributed by atoms with Gasteiger partial charge in [0, 0.05) is 16.9 Å². The first-order valence-electron chi connectivity index (χ1n) is 5.69. The van der Waals surface area contributed by atoms with E-state index in [9.17, 15) is 9.18 Å². The normalized spacial score (nSPS) is 11.2. The number of aliphatic hydroxyl groups excluding tert-OH is 1. The van der Waals surface area contributed by atoms with Gasteiger partial charge in [-0.15, -0.1) is 0 Å². The average molecular weight is 342 g/mol. The number of hydrogen-bond acceptors (Lipinski definition) is 3. The van der Waals surface area contributed by atoms with Crippen molar-refractivity contribution in [3.63, 3.8) is 0 Å². The highest BCUT2D eigenvalue weighted by atomic mass is 79.9. The highest BCUT2D eigenvalue weighted by molar-refractivity contribution is 9.10. The van der Waals surface area contributed by atoms with Crippen LogP contribution in [0.5, 0.6) is 0 Å². The quantitative estimate of drug-likeness (QED) is 0.900. The van der Waals surface area contributed by atoms with Crippen molar-refractivity contribution in [1.82, 2.24) is 4.98 Å². The first-order valence-corrected chi connectivity index (χ1v) is 6.48. The van der Waals surface area contributed by atoms with Gasteiger partial charge in [0.05, 0.1) is 6.61 Å². The monoisotopic (exact) mass is 341 g/mol. The molecule has 2 N–H and O–H groups in total. The maximum Gasteiger partial charge on any atom is 0.313 e. The summed E-state index contributed by atoms with van der Waals surface area (Å²) in [5.74, 6) is -2.13. The predicted molar refractivity (Wildman–Crippen MR) is 75.8 cm³/mol. The van der Waals surface area contributed by atoms with E-state index in [4.69, 9.17) is 10.2 Å². The molecule has 2 aromatic rings. The van der Waals surface area contributed by atoms with Crippen LogP contribution in [0, 0.1) is 5.82 Å². The third-order valence-corrected chi connectivity index (χ3v) is 2.78. The maximum atomic E-state index is 11.9. The van der Waals surface area contributed by atoms with Crippen LogP contribution in [0.2, 0.25) is 0 Å². The molecule has 106 valence electrons. The molecule has 1 heterocycles. The third-order valence-electron chi connectivity index (χ3n) is 2.34. The number of pyridine rings is 1. The Kier molecular flexibility index (Phi) is 6.83. The van der Waals surface area contributed by atoms with E-state index in [1.807, 2.05) is 0 Å². The van der Waals surface area contributed by atoms with Crippen LogP contribution in [0.25, 0.3) is 0 Å². The fraction of sp³-hybridized carbons (Fsp3) is 0.143. The maximum absolute atomic E-state index is 11.9. The molecule has 0 unspecified atom stereocenters. The highest BCUT2D eigenvalue weighted by Crippen LogP contribution is 2.18. The summed E-state index contributed by atoms with van der Waals surface area (Å²) < 4.78 is 12.6. The van der Waals surface area contributed by atoms with Crippen molar-refractivity contribution in [2.45, 2.75) is 5.92 Å². The molecule has 0 aliphatic carbocycles. The summed E-state index contributed by atoms with van der Waals surface area (Å²) in [6, 6.07) is 9.57. The largest absolute Gasteiger partial charge is 0.481 e. The molecule has 0 aliphatic heterocycles. The van der Waals surface area contributed by atoms with E-state index in [-0.39, 0.29) is 5.82 Å². The summed E-state index contributed by atoms with van der Waals surface area (Å²) in [6.07, 6.45) is 2.99. The zero-order chi connectivity index (χ0) is 15.0. The van der Waals surface area contributed by atoms with Crippen LogP contribution in [-0.2, 0) is 4.79 Å². The van der Waals surface area contributed by atoms with Crippen molar-refractivity contribution in [3.05, 3.63) is 64.6 Å². The van der Waals surface area contributed by atoms with Crippen molar-refractivity contribution in [2.75, 3.05) is 6.61 Å². The zero-order valence-corrected chi connectivity index (χ0v) is 12.0. The molecule has 0 saturated carbocycles. The Bertz CT molecular complexity index is 551. The lowest BCUT2D eigenvalue weighted by Gasteiger charge is -2.08. The lowest BCUT2D eigenvalue weighted by Crippen LogP contribution is -2.15. The zero-order valence-electron chi connectivity index (χ0n) is 10.4. The van der Waals surface area contributed by atoms with E-state index < -0.39 is 18.5 Å². The van der Waals surface area contributed by atoms with Gasteiger partial charge >= 0.3 is 5.97 Å². The van der Waals surface area contributed by atoms with Gasteiger partial charge in [0.2, 0.25) is 0 Å². The van der Waals surface area contributed by atoms with Gasteiger partial charge in [-0.2, -0.15) is 0 Å². The number of carboxylic acid groups (broad SMARTS) is 1. The Morgan fingerprint density at radius 3 is 2.35 bits per heavy atom. The average Bonchev–Trinajstić information content (AvgIpc) is 2.41. The Morgan fingerprint density at radius 1 is 1.30 bits per heavy atom. The summed E-state index contributed by atoms with van der Waals surface area (Å²) in [7, 11) is 0. The lowest BCUT2D eigenvalue weighted by molar-refractivity contribution is -0.139. The highest BCUT2D eigenvalue weighted by Gasteiger charge is 2.18. The van der Waals surface area contributed by atoms with Gasteiger partial charge < -0.3 is 10.2 Å². The van der Waals surface area contributed by atoms with Crippen LogP contribution in [0.1, 0.15) is 11.5 Å². The summed E-state index contributed by atoms with van der Waals surface area (Å²) in [5.41, 5.74) is 0.490. The van der Waals surface area contributed by atoms with E-state index in [1.54, 1.807) is 30.5 Å². The molecule has 0 radical (unpaired) electrons.